The van der Waals surface area contributed by atoms with E-state index in [1.807, 2.05) is 12.1 Å². The molecule has 7 nitrogen and oxygen atoms in total. The van der Waals surface area contributed by atoms with E-state index in [1.165, 1.54) is 16.9 Å². The van der Waals surface area contributed by atoms with Gasteiger partial charge in [-0.1, -0.05) is 32.1 Å². The second kappa shape index (κ2) is 9.91. The molecule has 1 fully saturated rings. The molecule has 0 aromatic carbocycles. The van der Waals surface area contributed by atoms with E-state index in [-0.39, 0.29) is 11.5 Å². The molecule has 3 aromatic rings. The van der Waals surface area contributed by atoms with E-state index in [4.69, 9.17) is 4.98 Å². The number of hydrogen-bond donors (Lipinski definition) is 3. The number of thiazole rings is 1. The van der Waals surface area contributed by atoms with Crippen molar-refractivity contribution in [3.63, 3.8) is 0 Å². The Morgan fingerprint density at radius 1 is 1.15 bits per heavy atom. The van der Waals surface area contributed by atoms with Gasteiger partial charge in [-0.15, -0.1) is 0 Å². The number of aliphatic hydroxyl groups is 1. The predicted octanol–water partition coefficient (Wildman–Crippen LogP) is 5.41. The summed E-state index contributed by atoms with van der Waals surface area (Å²) in [6, 6.07) is 8.90. The van der Waals surface area contributed by atoms with Crippen molar-refractivity contribution in [1.82, 2.24) is 19.9 Å². The second-order valence-electron chi connectivity index (χ2n) is 10.3. The maximum Gasteiger partial charge on any atom is 0.190 e. The van der Waals surface area contributed by atoms with E-state index in [9.17, 15) is 5.11 Å². The van der Waals surface area contributed by atoms with Crippen molar-refractivity contribution >= 4 is 38.5 Å². The van der Waals surface area contributed by atoms with Gasteiger partial charge in [0.2, 0.25) is 0 Å². The molecular weight excluding hydrogens is 432 g/mol. The minimum Gasteiger partial charge on any atom is -0.393 e. The molecule has 1 unspecified atom stereocenters. The van der Waals surface area contributed by atoms with E-state index in [2.05, 4.69) is 72.4 Å². The third kappa shape index (κ3) is 6.19. The predicted molar refractivity (Wildman–Crippen MR) is 137 cm³/mol. The monoisotopic (exact) mass is 468 g/mol. The minimum atomic E-state index is -0.167. The first kappa shape index (κ1) is 23.9. The van der Waals surface area contributed by atoms with Gasteiger partial charge in [-0.25, -0.2) is 15.0 Å². The summed E-state index contributed by atoms with van der Waals surface area (Å²) < 4.78 is 0. The normalized spacial score (nSPS) is 20.2. The van der Waals surface area contributed by atoms with Gasteiger partial charge in [-0.3, -0.25) is 4.90 Å². The van der Waals surface area contributed by atoms with Crippen LogP contribution in [0.2, 0.25) is 0 Å². The fourth-order valence-electron chi connectivity index (χ4n) is 4.26. The number of rotatable bonds is 7. The van der Waals surface area contributed by atoms with Gasteiger partial charge < -0.3 is 15.7 Å². The van der Waals surface area contributed by atoms with Crippen LogP contribution >= 0.6 is 11.3 Å². The van der Waals surface area contributed by atoms with Crippen molar-refractivity contribution in [2.24, 2.45) is 5.41 Å². The van der Waals surface area contributed by atoms with Crippen LogP contribution in [0.25, 0.3) is 10.3 Å². The number of anilines is 3. The molecule has 8 heteroatoms. The quantitative estimate of drug-likeness (QED) is 0.427. The summed E-state index contributed by atoms with van der Waals surface area (Å²) in [7, 11) is 2.18. The van der Waals surface area contributed by atoms with Gasteiger partial charge in [0.15, 0.2) is 5.13 Å². The molecule has 0 spiro atoms. The van der Waals surface area contributed by atoms with Crippen LogP contribution in [-0.4, -0.2) is 50.2 Å². The third-order valence-corrected chi connectivity index (χ3v) is 7.58. The lowest BCUT2D eigenvalue weighted by Crippen LogP contribution is -2.38. The Hall–Kier alpha value is -2.29. The maximum absolute atomic E-state index is 9.85. The molecule has 0 amide bonds. The fourth-order valence-corrected chi connectivity index (χ4v) is 5.08. The Bertz CT molecular complexity index is 1040. The smallest absolute Gasteiger partial charge is 0.190 e. The molecule has 3 heterocycles. The van der Waals surface area contributed by atoms with Crippen molar-refractivity contribution in [1.29, 1.82) is 0 Å². The maximum atomic E-state index is 9.85. The van der Waals surface area contributed by atoms with Gasteiger partial charge in [0, 0.05) is 24.8 Å². The highest BCUT2D eigenvalue weighted by atomic mass is 32.1. The van der Waals surface area contributed by atoms with E-state index < -0.39 is 0 Å². The number of nitrogens with zero attached hydrogens (tertiary/aromatic N) is 4. The molecular formula is C25H36N6OS. The summed E-state index contributed by atoms with van der Waals surface area (Å²) in [4.78, 5) is 17.2. The molecule has 178 valence electrons. The van der Waals surface area contributed by atoms with Gasteiger partial charge in [-0.2, -0.15) is 0 Å². The van der Waals surface area contributed by atoms with Gasteiger partial charge in [0.1, 0.15) is 22.0 Å². The van der Waals surface area contributed by atoms with Crippen LogP contribution in [0.4, 0.5) is 16.8 Å². The summed E-state index contributed by atoms with van der Waals surface area (Å²) in [5.74, 6) is 1.65. The summed E-state index contributed by atoms with van der Waals surface area (Å²) in [5.41, 5.74) is 2.28. The van der Waals surface area contributed by atoms with Gasteiger partial charge in [0.05, 0.1) is 6.10 Å². The number of hydrogen-bond acceptors (Lipinski definition) is 8. The minimum absolute atomic E-state index is 0.167. The van der Waals surface area contributed by atoms with E-state index in [1.54, 1.807) is 6.20 Å². The molecule has 0 radical (unpaired) electrons. The molecule has 33 heavy (non-hydrogen) atoms. The second-order valence-corrected chi connectivity index (χ2v) is 11.3. The SMILES string of the molecule is CC(N(C)Cc1cc(Nc2nc3cccnc3s2)nc(NC2CCC(O)CC2)c1)C(C)(C)C. The topological polar surface area (TPSA) is 86.2 Å². The van der Waals surface area contributed by atoms with Crippen LogP contribution in [0, 0.1) is 5.41 Å². The molecule has 1 aliphatic rings. The van der Waals surface area contributed by atoms with Crippen molar-refractivity contribution in [3.05, 3.63) is 36.0 Å². The zero-order chi connectivity index (χ0) is 23.6. The molecule has 0 saturated heterocycles. The zero-order valence-corrected chi connectivity index (χ0v) is 21.1. The van der Waals surface area contributed by atoms with Gasteiger partial charge in [0.25, 0.3) is 0 Å². The first-order valence-corrected chi connectivity index (χ1v) is 12.6. The summed E-state index contributed by atoms with van der Waals surface area (Å²) in [6.07, 6.45) is 5.22. The largest absolute Gasteiger partial charge is 0.393 e. The van der Waals surface area contributed by atoms with Crippen LogP contribution in [-0.2, 0) is 6.54 Å². The van der Waals surface area contributed by atoms with E-state index >= 15 is 0 Å². The highest BCUT2D eigenvalue weighted by Gasteiger charge is 2.24. The molecule has 0 aliphatic heterocycles. The average molecular weight is 469 g/mol. The van der Waals surface area contributed by atoms with Crippen LogP contribution in [0.1, 0.15) is 58.9 Å². The fraction of sp³-hybridized carbons (Fsp3) is 0.560. The number of pyridine rings is 2. The van der Waals surface area contributed by atoms with E-state index in [0.717, 1.165) is 59.3 Å². The van der Waals surface area contributed by atoms with Crippen molar-refractivity contribution < 1.29 is 5.11 Å². The lowest BCUT2D eigenvalue weighted by molar-refractivity contribution is 0.126. The lowest BCUT2D eigenvalue weighted by Gasteiger charge is -2.35. The Morgan fingerprint density at radius 2 is 1.88 bits per heavy atom. The highest BCUT2D eigenvalue weighted by molar-refractivity contribution is 7.21. The summed E-state index contributed by atoms with van der Waals surface area (Å²) in [5, 5.41) is 17.7. The van der Waals surface area contributed by atoms with Crippen molar-refractivity contribution in [3.8, 4) is 0 Å². The number of nitrogens with one attached hydrogen (secondary N) is 2. The standard InChI is InChI=1S/C25H36N6OS/c1-16(25(2,3)4)31(5)15-17-13-21(27-18-8-10-19(32)11-9-18)29-22(14-17)30-24-28-20-7-6-12-26-23(20)33-24/h6-7,12-14,16,18-19,32H,8-11,15H2,1-5H3,(H2,27,28,29,30). The van der Waals surface area contributed by atoms with Crippen LogP contribution < -0.4 is 10.6 Å². The van der Waals surface area contributed by atoms with Crippen molar-refractivity contribution in [2.75, 3.05) is 17.7 Å². The van der Waals surface area contributed by atoms with Gasteiger partial charge in [-0.05, 0) is 74.9 Å². The Labute approximate surface area is 200 Å². The van der Waals surface area contributed by atoms with Gasteiger partial charge >= 0.3 is 0 Å². The Kier molecular flexibility index (Phi) is 7.16. The average Bonchev–Trinajstić information content (AvgIpc) is 3.16. The molecule has 1 aliphatic carbocycles. The molecule has 0 bridgehead atoms. The number of fused-ring (bicyclic) bond motifs is 1. The molecule has 1 atom stereocenters. The highest BCUT2D eigenvalue weighted by Crippen LogP contribution is 2.29. The molecule has 4 rings (SSSR count). The number of aromatic nitrogens is 3. The molecule has 1 saturated carbocycles. The third-order valence-electron chi connectivity index (χ3n) is 6.68. The molecule has 3 N–H and O–H groups in total. The summed E-state index contributed by atoms with van der Waals surface area (Å²) >= 11 is 1.53. The van der Waals surface area contributed by atoms with E-state index in [0.29, 0.717) is 12.1 Å². The Morgan fingerprint density at radius 3 is 2.58 bits per heavy atom. The van der Waals surface area contributed by atoms with Crippen LogP contribution in [0.15, 0.2) is 30.5 Å². The van der Waals surface area contributed by atoms with Crippen LogP contribution in [0.5, 0.6) is 0 Å². The van der Waals surface area contributed by atoms with Crippen molar-refractivity contribution in [2.45, 2.75) is 78.1 Å². The first-order chi connectivity index (χ1) is 15.7. The summed E-state index contributed by atoms with van der Waals surface area (Å²) in [6.45, 7) is 9.94. The number of aliphatic hydroxyl groups excluding tert-OH is 1. The zero-order valence-electron chi connectivity index (χ0n) is 20.3. The lowest BCUT2D eigenvalue weighted by atomic mass is 9.87. The molecule has 3 aromatic heterocycles. The van der Waals surface area contributed by atoms with Crippen LogP contribution in [0.3, 0.4) is 0 Å². The first-order valence-electron chi connectivity index (χ1n) is 11.8. The Balaban J connectivity index is 1.57.